The quantitative estimate of drug-likeness (QED) is 0.0501. The number of benzene rings is 1. The van der Waals surface area contributed by atoms with Crippen LogP contribution in [-0.4, -0.2) is 48.3 Å². The summed E-state index contributed by atoms with van der Waals surface area (Å²) in [5, 5.41) is 18.1. The Balaban J connectivity index is 2.93. The summed E-state index contributed by atoms with van der Waals surface area (Å²) < 4.78 is 22.3. The van der Waals surface area contributed by atoms with E-state index in [1.807, 2.05) is 13.0 Å². The average molecular weight is 793 g/mol. The summed E-state index contributed by atoms with van der Waals surface area (Å²) in [5.74, 6) is -3.82. The van der Waals surface area contributed by atoms with E-state index >= 15 is 0 Å². The van der Waals surface area contributed by atoms with Crippen molar-refractivity contribution in [3.05, 3.63) is 81.0 Å². The molecule has 1 rings (SSSR count). The third-order valence-corrected chi connectivity index (χ3v) is 9.48. The molecule has 0 fully saturated rings. The molecule has 0 bridgehead atoms. The van der Waals surface area contributed by atoms with Gasteiger partial charge in [-0.3, -0.25) is 19.2 Å². The second-order valence-electron chi connectivity index (χ2n) is 15.0. The fraction of sp³-hybridized carbons (Fsp3) is 0.532. The SMILES string of the molecule is COc1c(OC(=O)CCC(=O)O)c(C)c(C/C=C(\C)CC/C=C(\C)CC/C=C(\C)CC/C=C(\C)CC/C=C(\C)CCC=C(C)C)c(OC(=O)CCC(=O)O)c1OC. The van der Waals surface area contributed by atoms with Crippen molar-refractivity contribution in [1.82, 2.24) is 0 Å². The molecular weight excluding hydrogens is 725 g/mol. The van der Waals surface area contributed by atoms with Crippen molar-refractivity contribution >= 4 is 23.9 Å². The zero-order valence-electron chi connectivity index (χ0n) is 36.2. The minimum Gasteiger partial charge on any atom is -0.490 e. The third kappa shape index (κ3) is 21.3. The Kier molecular flexibility index (Phi) is 24.4. The number of carboxylic acid groups (broad SMARTS) is 2. The molecule has 0 aliphatic rings. The predicted molar refractivity (Wildman–Crippen MR) is 227 cm³/mol. The van der Waals surface area contributed by atoms with Crippen LogP contribution in [0.15, 0.2) is 69.9 Å². The van der Waals surface area contributed by atoms with Crippen molar-refractivity contribution in [2.24, 2.45) is 0 Å². The monoisotopic (exact) mass is 792 g/mol. The van der Waals surface area contributed by atoms with Gasteiger partial charge in [0.25, 0.3) is 0 Å². The molecule has 0 heterocycles. The van der Waals surface area contributed by atoms with Gasteiger partial charge in [-0.2, -0.15) is 0 Å². The minimum atomic E-state index is -1.14. The molecule has 1 aromatic carbocycles. The number of carbonyl (C=O) groups is 4. The van der Waals surface area contributed by atoms with E-state index in [0.717, 1.165) is 69.8 Å². The van der Waals surface area contributed by atoms with E-state index in [9.17, 15) is 19.2 Å². The van der Waals surface area contributed by atoms with Crippen LogP contribution >= 0.6 is 0 Å². The first-order valence-corrected chi connectivity index (χ1v) is 20.0. The van der Waals surface area contributed by atoms with Crippen molar-refractivity contribution in [1.29, 1.82) is 0 Å². The molecule has 1 aromatic rings. The average Bonchev–Trinajstić information content (AvgIpc) is 3.13. The Morgan fingerprint density at radius 1 is 0.456 bits per heavy atom. The summed E-state index contributed by atoms with van der Waals surface area (Å²) in [5.41, 5.74) is 9.03. The van der Waals surface area contributed by atoms with Gasteiger partial charge in [0.2, 0.25) is 11.5 Å². The number of aliphatic carboxylic acids is 2. The van der Waals surface area contributed by atoms with Gasteiger partial charge in [-0.05, 0) is 126 Å². The molecule has 0 atom stereocenters. The van der Waals surface area contributed by atoms with Gasteiger partial charge in [0.15, 0.2) is 11.5 Å². The number of allylic oxidation sites excluding steroid dienone is 12. The highest BCUT2D eigenvalue weighted by molar-refractivity contribution is 5.82. The highest BCUT2D eigenvalue weighted by Gasteiger charge is 2.29. The van der Waals surface area contributed by atoms with Crippen molar-refractivity contribution in [3.63, 3.8) is 0 Å². The van der Waals surface area contributed by atoms with Crippen LogP contribution in [-0.2, 0) is 25.6 Å². The van der Waals surface area contributed by atoms with E-state index in [1.165, 1.54) is 42.1 Å². The molecule has 10 nitrogen and oxygen atoms in total. The smallest absolute Gasteiger partial charge is 0.311 e. The minimum absolute atomic E-state index is 0.0109. The summed E-state index contributed by atoms with van der Waals surface area (Å²) in [7, 11) is 2.67. The van der Waals surface area contributed by atoms with Gasteiger partial charge >= 0.3 is 23.9 Å². The Morgan fingerprint density at radius 3 is 1.14 bits per heavy atom. The highest BCUT2D eigenvalue weighted by atomic mass is 16.6. The predicted octanol–water partition coefficient (Wildman–Crippen LogP) is 11.7. The topological polar surface area (TPSA) is 146 Å². The van der Waals surface area contributed by atoms with Gasteiger partial charge in [0.05, 0.1) is 39.9 Å². The summed E-state index contributed by atoms with van der Waals surface area (Å²) in [6.45, 7) is 16.8. The standard InChI is InChI=1S/C47H68O10/c1-32(2)16-11-17-33(3)18-12-19-34(4)20-13-21-35(5)22-14-23-36(6)24-15-25-37(7)26-27-39-38(8)44(56-42(52)30-28-40(48)49)46(54-9)47(55-10)45(39)57-43(53)31-29-41(50)51/h16,18,20,22,24,26H,11-15,17,19,21,23,25,27-31H2,1-10H3,(H,48,49)(H,50,51)/b33-18+,34-20+,35-22+,36-24+,37-26+. The maximum Gasteiger partial charge on any atom is 0.311 e. The number of carboxylic acids is 2. The van der Waals surface area contributed by atoms with E-state index in [4.69, 9.17) is 29.2 Å². The molecule has 316 valence electrons. The van der Waals surface area contributed by atoms with E-state index in [1.54, 1.807) is 6.92 Å². The lowest BCUT2D eigenvalue weighted by Gasteiger charge is -2.22. The van der Waals surface area contributed by atoms with Crippen LogP contribution in [0.2, 0.25) is 0 Å². The van der Waals surface area contributed by atoms with Crippen molar-refractivity contribution < 1.29 is 48.3 Å². The molecule has 0 amide bonds. The zero-order valence-corrected chi connectivity index (χ0v) is 36.2. The van der Waals surface area contributed by atoms with E-state index in [-0.39, 0.29) is 42.3 Å². The highest BCUT2D eigenvalue weighted by Crippen LogP contribution is 2.50. The lowest BCUT2D eigenvalue weighted by atomic mass is 9.99. The van der Waals surface area contributed by atoms with E-state index in [2.05, 4.69) is 71.9 Å². The molecular formula is C47H68O10. The Hall–Kier alpha value is -4.86. The normalized spacial score (nSPS) is 12.6. The van der Waals surface area contributed by atoms with Crippen molar-refractivity contribution in [2.45, 2.75) is 152 Å². The number of hydrogen-bond acceptors (Lipinski definition) is 8. The molecule has 0 unspecified atom stereocenters. The first-order valence-electron chi connectivity index (χ1n) is 20.0. The molecule has 2 N–H and O–H groups in total. The van der Waals surface area contributed by atoms with Crippen LogP contribution in [0.25, 0.3) is 0 Å². The molecule has 0 aromatic heterocycles. The largest absolute Gasteiger partial charge is 0.490 e. The molecule has 0 saturated carbocycles. The first-order chi connectivity index (χ1) is 27.0. The number of rotatable bonds is 27. The molecule has 0 saturated heterocycles. The van der Waals surface area contributed by atoms with Crippen LogP contribution in [0.3, 0.4) is 0 Å². The Bertz CT molecular complexity index is 1700. The van der Waals surface area contributed by atoms with Crippen LogP contribution in [0.1, 0.15) is 149 Å². The van der Waals surface area contributed by atoms with Crippen molar-refractivity contribution in [2.75, 3.05) is 14.2 Å². The number of esters is 2. The fourth-order valence-corrected chi connectivity index (χ4v) is 5.98. The summed E-state index contributed by atoms with van der Waals surface area (Å²) in [6.07, 6.45) is 22.6. The van der Waals surface area contributed by atoms with Gasteiger partial charge in [-0.15, -0.1) is 0 Å². The number of ether oxygens (including phenoxy) is 4. The maximum absolute atomic E-state index is 12.7. The van der Waals surface area contributed by atoms with Crippen LogP contribution in [0.4, 0.5) is 0 Å². The van der Waals surface area contributed by atoms with Gasteiger partial charge in [0, 0.05) is 11.1 Å². The summed E-state index contributed by atoms with van der Waals surface area (Å²) >= 11 is 0. The lowest BCUT2D eigenvalue weighted by molar-refractivity contribution is -0.142. The third-order valence-electron chi connectivity index (χ3n) is 9.48. The number of carbonyl (C=O) groups excluding carboxylic acids is 2. The second-order valence-corrected chi connectivity index (χ2v) is 15.0. The number of hydrogen-bond donors (Lipinski definition) is 2. The molecule has 0 radical (unpaired) electrons. The fourth-order valence-electron chi connectivity index (χ4n) is 5.98. The molecule has 0 aliphatic carbocycles. The second kappa shape index (κ2) is 27.7. The van der Waals surface area contributed by atoms with Crippen LogP contribution in [0, 0.1) is 6.92 Å². The summed E-state index contributed by atoms with van der Waals surface area (Å²) in [4.78, 5) is 47.4. The molecule has 10 heteroatoms. The van der Waals surface area contributed by atoms with E-state index < -0.39 is 36.7 Å². The van der Waals surface area contributed by atoms with Gasteiger partial charge < -0.3 is 29.2 Å². The molecule has 0 spiro atoms. The Labute approximate surface area is 341 Å². The zero-order chi connectivity index (χ0) is 42.9. The van der Waals surface area contributed by atoms with Gasteiger partial charge in [-0.1, -0.05) is 69.9 Å². The first kappa shape index (κ1) is 50.2. The van der Waals surface area contributed by atoms with E-state index in [0.29, 0.717) is 11.1 Å². The van der Waals surface area contributed by atoms with Crippen LogP contribution < -0.4 is 18.9 Å². The van der Waals surface area contributed by atoms with Crippen molar-refractivity contribution in [3.8, 4) is 23.0 Å². The summed E-state index contributed by atoms with van der Waals surface area (Å²) in [6, 6.07) is 0. The maximum atomic E-state index is 12.7. The Morgan fingerprint density at radius 2 is 0.789 bits per heavy atom. The van der Waals surface area contributed by atoms with Gasteiger partial charge in [-0.25, -0.2) is 0 Å². The number of methoxy groups -OCH3 is 2. The van der Waals surface area contributed by atoms with Crippen LogP contribution in [0.5, 0.6) is 23.0 Å². The molecule has 57 heavy (non-hydrogen) atoms. The molecule has 0 aliphatic heterocycles. The lowest BCUT2D eigenvalue weighted by Crippen LogP contribution is -2.16. The van der Waals surface area contributed by atoms with Gasteiger partial charge in [0.1, 0.15) is 0 Å².